The summed E-state index contributed by atoms with van der Waals surface area (Å²) in [5, 5.41) is 2.60. The zero-order valence-electron chi connectivity index (χ0n) is 18.1. The fraction of sp³-hybridized carbons (Fsp3) is 0.364. The van der Waals surface area contributed by atoms with E-state index in [0.717, 1.165) is 25.3 Å². The number of amides is 2. The van der Waals surface area contributed by atoms with Gasteiger partial charge >= 0.3 is 0 Å². The third-order valence-electron chi connectivity index (χ3n) is 4.90. The Morgan fingerprint density at radius 2 is 1.65 bits per heavy atom. The van der Waals surface area contributed by atoms with E-state index >= 15 is 0 Å². The fourth-order valence-corrected chi connectivity index (χ4v) is 4.41. The highest BCUT2D eigenvalue weighted by Crippen LogP contribution is 2.21. The van der Waals surface area contributed by atoms with Crippen molar-refractivity contribution in [2.75, 3.05) is 24.2 Å². The molecule has 2 rings (SSSR count). The van der Waals surface area contributed by atoms with E-state index in [1.54, 1.807) is 24.3 Å². The minimum Gasteiger partial charge on any atom is -0.357 e. The molecule has 0 spiro atoms. The molecule has 9 heteroatoms. The topological polar surface area (TPSA) is 86.8 Å². The van der Waals surface area contributed by atoms with Crippen LogP contribution in [0.2, 0.25) is 0 Å². The molecule has 2 aromatic carbocycles. The Labute approximate surface area is 198 Å². The zero-order chi connectivity index (χ0) is 23.2. The highest BCUT2D eigenvalue weighted by Gasteiger charge is 2.31. The predicted octanol–water partition coefficient (Wildman–Crippen LogP) is 2.92. The molecule has 0 heterocycles. The Morgan fingerprint density at radius 1 is 1.06 bits per heavy atom. The van der Waals surface area contributed by atoms with Gasteiger partial charge in [-0.25, -0.2) is 8.42 Å². The largest absolute Gasteiger partial charge is 0.357 e. The number of aryl methyl sites for hydroxylation is 1. The van der Waals surface area contributed by atoms with E-state index < -0.39 is 28.5 Å². The number of hydrogen-bond acceptors (Lipinski definition) is 4. The highest BCUT2D eigenvalue weighted by atomic mass is 127. The lowest BCUT2D eigenvalue weighted by Crippen LogP contribution is -2.51. The van der Waals surface area contributed by atoms with Crippen LogP contribution in [0.1, 0.15) is 24.5 Å². The normalized spacial score (nSPS) is 12.2. The van der Waals surface area contributed by atoms with Gasteiger partial charge in [-0.1, -0.05) is 36.8 Å². The molecule has 0 radical (unpaired) electrons. The summed E-state index contributed by atoms with van der Waals surface area (Å²) in [7, 11) is -2.19. The van der Waals surface area contributed by atoms with Crippen LogP contribution in [0.25, 0.3) is 0 Å². The first-order valence-electron chi connectivity index (χ1n) is 9.86. The molecule has 1 N–H and O–H groups in total. The van der Waals surface area contributed by atoms with Gasteiger partial charge in [0.15, 0.2) is 0 Å². The van der Waals surface area contributed by atoms with Crippen molar-refractivity contribution >= 4 is 50.1 Å². The maximum absolute atomic E-state index is 13.4. The van der Waals surface area contributed by atoms with Crippen LogP contribution in [-0.4, -0.2) is 51.0 Å². The Balaban J connectivity index is 2.40. The molecule has 7 nitrogen and oxygen atoms in total. The number of anilines is 1. The lowest BCUT2D eigenvalue weighted by Gasteiger charge is -2.32. The molecule has 0 aliphatic heterocycles. The minimum atomic E-state index is -3.71. The Bertz CT molecular complexity index is 1010. The summed E-state index contributed by atoms with van der Waals surface area (Å²) in [6, 6.07) is 13.9. The molecule has 31 heavy (non-hydrogen) atoms. The summed E-state index contributed by atoms with van der Waals surface area (Å²) in [4.78, 5) is 27.3. The lowest BCUT2D eigenvalue weighted by atomic mass is 10.1. The van der Waals surface area contributed by atoms with Crippen LogP contribution in [0.5, 0.6) is 0 Å². The third-order valence-corrected chi connectivity index (χ3v) is 6.76. The Kier molecular flexibility index (Phi) is 8.87. The van der Waals surface area contributed by atoms with Crippen LogP contribution in [0.3, 0.4) is 0 Å². The maximum Gasteiger partial charge on any atom is 0.244 e. The van der Waals surface area contributed by atoms with Crippen molar-refractivity contribution in [1.82, 2.24) is 10.2 Å². The summed E-state index contributed by atoms with van der Waals surface area (Å²) in [5.74, 6) is -0.733. The molecule has 0 aliphatic carbocycles. The summed E-state index contributed by atoms with van der Waals surface area (Å²) in [6.45, 7) is 3.61. The van der Waals surface area contributed by atoms with Crippen molar-refractivity contribution in [2.45, 2.75) is 32.9 Å². The van der Waals surface area contributed by atoms with Gasteiger partial charge in [-0.2, -0.15) is 0 Å². The van der Waals surface area contributed by atoms with Gasteiger partial charge in [-0.3, -0.25) is 13.9 Å². The number of benzene rings is 2. The van der Waals surface area contributed by atoms with E-state index in [1.165, 1.54) is 11.9 Å². The number of carbonyl (C=O) groups is 2. The number of hydrogen-bond donors (Lipinski definition) is 1. The molecule has 0 aromatic heterocycles. The molecule has 0 saturated heterocycles. The van der Waals surface area contributed by atoms with Crippen molar-refractivity contribution in [3.63, 3.8) is 0 Å². The van der Waals surface area contributed by atoms with Crippen LogP contribution in [0, 0.1) is 10.5 Å². The van der Waals surface area contributed by atoms with Crippen molar-refractivity contribution in [2.24, 2.45) is 0 Å². The average Bonchev–Trinajstić information content (AvgIpc) is 2.72. The first kappa shape index (κ1) is 25.1. The number of nitrogens with one attached hydrogen (secondary N) is 1. The molecule has 0 aliphatic rings. The smallest absolute Gasteiger partial charge is 0.244 e. The average molecular weight is 557 g/mol. The van der Waals surface area contributed by atoms with Gasteiger partial charge in [-0.15, -0.1) is 0 Å². The van der Waals surface area contributed by atoms with Crippen LogP contribution < -0.4 is 9.62 Å². The number of rotatable bonds is 9. The molecular weight excluding hydrogens is 529 g/mol. The number of sulfonamides is 1. The molecule has 0 saturated carbocycles. The summed E-state index contributed by atoms with van der Waals surface area (Å²) in [5.41, 5.74) is 2.35. The summed E-state index contributed by atoms with van der Waals surface area (Å²) in [6.07, 6.45) is 1.47. The second kappa shape index (κ2) is 10.9. The van der Waals surface area contributed by atoms with Gasteiger partial charge < -0.3 is 10.2 Å². The summed E-state index contributed by atoms with van der Waals surface area (Å²) < 4.78 is 27.0. The molecule has 0 fully saturated rings. The van der Waals surface area contributed by atoms with Crippen LogP contribution >= 0.6 is 22.6 Å². The van der Waals surface area contributed by atoms with Crippen molar-refractivity contribution in [3.8, 4) is 0 Å². The van der Waals surface area contributed by atoms with E-state index in [1.807, 2.05) is 38.1 Å². The lowest BCUT2D eigenvalue weighted by molar-refractivity contribution is -0.140. The highest BCUT2D eigenvalue weighted by molar-refractivity contribution is 14.1. The number of nitrogens with zero attached hydrogens (tertiary/aromatic N) is 2. The zero-order valence-corrected chi connectivity index (χ0v) is 21.1. The van der Waals surface area contributed by atoms with Crippen molar-refractivity contribution in [3.05, 3.63) is 63.2 Å². The molecule has 2 amide bonds. The second-order valence-electron chi connectivity index (χ2n) is 7.29. The fourth-order valence-electron chi connectivity index (χ4n) is 3.20. The third kappa shape index (κ3) is 6.93. The molecule has 1 unspecified atom stereocenters. The first-order valence-corrected chi connectivity index (χ1v) is 12.8. The van der Waals surface area contributed by atoms with Gasteiger partial charge in [-0.05, 0) is 65.8 Å². The summed E-state index contributed by atoms with van der Waals surface area (Å²) >= 11 is 2.13. The van der Waals surface area contributed by atoms with Crippen LogP contribution in [0.4, 0.5) is 5.69 Å². The Hall–Kier alpha value is -2.14. The SMILES string of the molecule is CCC(C(=O)NC)N(Cc1ccc(C)cc1)C(=O)CN(c1ccc(I)cc1)S(C)(=O)=O. The van der Waals surface area contributed by atoms with Crippen molar-refractivity contribution < 1.29 is 18.0 Å². The van der Waals surface area contributed by atoms with E-state index in [2.05, 4.69) is 27.9 Å². The maximum atomic E-state index is 13.4. The van der Waals surface area contributed by atoms with E-state index in [0.29, 0.717) is 12.1 Å². The molecular formula is C22H28IN3O4S. The molecule has 2 aromatic rings. The van der Waals surface area contributed by atoms with E-state index in [-0.39, 0.29) is 12.5 Å². The van der Waals surface area contributed by atoms with E-state index in [9.17, 15) is 18.0 Å². The monoisotopic (exact) mass is 557 g/mol. The number of carbonyl (C=O) groups excluding carboxylic acids is 2. The Morgan fingerprint density at radius 3 is 2.13 bits per heavy atom. The van der Waals surface area contributed by atoms with Gasteiger partial charge in [0, 0.05) is 17.2 Å². The molecule has 1 atom stereocenters. The van der Waals surface area contributed by atoms with Crippen LogP contribution in [-0.2, 0) is 26.2 Å². The van der Waals surface area contributed by atoms with Crippen LogP contribution in [0.15, 0.2) is 48.5 Å². The number of halogens is 1. The predicted molar refractivity (Wildman–Crippen MR) is 131 cm³/mol. The van der Waals surface area contributed by atoms with Crippen molar-refractivity contribution in [1.29, 1.82) is 0 Å². The van der Waals surface area contributed by atoms with Gasteiger partial charge in [0.05, 0.1) is 11.9 Å². The second-order valence-corrected chi connectivity index (χ2v) is 10.4. The minimum absolute atomic E-state index is 0.204. The first-order chi connectivity index (χ1) is 14.6. The standard InChI is InChI=1S/C22H28IN3O4S/c1-5-20(22(28)24-3)25(14-17-8-6-16(2)7-9-17)21(27)15-26(31(4,29)30)19-12-10-18(23)11-13-19/h6-13,20H,5,14-15H2,1-4H3,(H,24,28). The van der Waals surface area contributed by atoms with Gasteiger partial charge in [0.25, 0.3) is 0 Å². The van der Waals surface area contributed by atoms with E-state index in [4.69, 9.17) is 0 Å². The molecule has 0 bridgehead atoms. The quantitative estimate of drug-likeness (QED) is 0.481. The van der Waals surface area contributed by atoms with Gasteiger partial charge in [0.1, 0.15) is 12.6 Å². The molecule has 168 valence electrons. The van der Waals surface area contributed by atoms with Gasteiger partial charge in [0.2, 0.25) is 21.8 Å². The number of likely N-dealkylation sites (N-methyl/N-ethyl adjacent to an activating group) is 1.